The smallest absolute Gasteiger partial charge is 0.329 e. The summed E-state index contributed by atoms with van der Waals surface area (Å²) in [5.74, 6) is 1.15. The molecule has 0 saturated carbocycles. The monoisotopic (exact) mass is 436 g/mol. The van der Waals surface area contributed by atoms with E-state index in [9.17, 15) is 14.7 Å². The fraction of sp³-hybridized carbons (Fsp3) is 0.261. The Hall–Kier alpha value is -3.85. The minimum absolute atomic E-state index is 0.00321. The highest BCUT2D eigenvalue weighted by Crippen LogP contribution is 2.25. The van der Waals surface area contributed by atoms with Crippen LogP contribution >= 0.6 is 0 Å². The van der Waals surface area contributed by atoms with Gasteiger partial charge in [-0.2, -0.15) is 4.98 Å². The van der Waals surface area contributed by atoms with Gasteiger partial charge in [0.25, 0.3) is 5.56 Å². The average molecular weight is 436 g/mol. The molecule has 1 atom stereocenters. The van der Waals surface area contributed by atoms with Crippen molar-refractivity contribution in [2.75, 3.05) is 6.61 Å². The molecule has 0 aliphatic carbocycles. The number of aromatic amines is 1. The predicted octanol–water partition coefficient (Wildman–Crippen LogP) is 2.27. The first-order valence-electron chi connectivity index (χ1n) is 10.1. The van der Waals surface area contributed by atoms with Crippen LogP contribution in [-0.4, -0.2) is 36.9 Å². The van der Waals surface area contributed by atoms with Crippen LogP contribution in [0.1, 0.15) is 11.1 Å². The first kappa shape index (κ1) is 21.4. The maximum absolute atomic E-state index is 12.6. The van der Waals surface area contributed by atoms with Gasteiger partial charge in [-0.05, 0) is 43.7 Å². The number of hydrogen-bond donors (Lipinski definition) is 2. The number of ether oxygens (including phenoxy) is 2. The van der Waals surface area contributed by atoms with Crippen molar-refractivity contribution < 1.29 is 14.6 Å². The van der Waals surface area contributed by atoms with E-state index >= 15 is 0 Å². The second-order valence-electron chi connectivity index (χ2n) is 7.69. The standard InChI is InChI=1S/C23H24N4O5/c1-14-7-9-17(10-8-14)32-23-24-20-19(21(29)25-22(30)26(20)3)27(23)12-16(28)13-31-18-6-4-5-15(2)11-18/h4-11,16,28H,12-13H2,1-3H3,(H,25,29,30). The Morgan fingerprint density at radius 2 is 1.81 bits per heavy atom. The van der Waals surface area contributed by atoms with E-state index in [1.54, 1.807) is 18.2 Å². The summed E-state index contributed by atoms with van der Waals surface area (Å²) in [5.41, 5.74) is 1.20. The lowest BCUT2D eigenvalue weighted by atomic mass is 10.2. The molecule has 4 rings (SSSR count). The van der Waals surface area contributed by atoms with Crippen LogP contribution in [0.4, 0.5) is 0 Å². The molecule has 0 saturated heterocycles. The lowest BCUT2D eigenvalue weighted by Crippen LogP contribution is -2.30. The van der Waals surface area contributed by atoms with Gasteiger partial charge in [0, 0.05) is 7.05 Å². The highest BCUT2D eigenvalue weighted by molar-refractivity contribution is 5.71. The van der Waals surface area contributed by atoms with Crippen LogP contribution in [0.3, 0.4) is 0 Å². The molecule has 1 unspecified atom stereocenters. The molecule has 0 bridgehead atoms. The summed E-state index contributed by atoms with van der Waals surface area (Å²) in [6, 6.07) is 14.9. The summed E-state index contributed by atoms with van der Waals surface area (Å²) in [5, 5.41) is 10.6. The number of imidazole rings is 1. The normalized spacial score (nSPS) is 12.1. The number of aryl methyl sites for hydroxylation is 3. The number of benzene rings is 2. The van der Waals surface area contributed by atoms with E-state index in [1.165, 1.54) is 16.2 Å². The number of nitrogens with one attached hydrogen (secondary N) is 1. The van der Waals surface area contributed by atoms with E-state index in [2.05, 4.69) is 9.97 Å². The number of rotatable bonds is 7. The maximum Gasteiger partial charge on any atom is 0.329 e. The third-order valence-electron chi connectivity index (χ3n) is 5.03. The third kappa shape index (κ3) is 4.42. The van der Waals surface area contributed by atoms with Gasteiger partial charge >= 0.3 is 11.7 Å². The summed E-state index contributed by atoms with van der Waals surface area (Å²) in [6.45, 7) is 3.88. The van der Waals surface area contributed by atoms with Crippen molar-refractivity contribution in [2.24, 2.45) is 7.05 Å². The molecule has 0 aliphatic heterocycles. The van der Waals surface area contributed by atoms with Gasteiger partial charge in [0.05, 0.1) is 6.54 Å². The Morgan fingerprint density at radius 1 is 1.06 bits per heavy atom. The highest BCUT2D eigenvalue weighted by Gasteiger charge is 2.21. The van der Waals surface area contributed by atoms with Gasteiger partial charge in [0.1, 0.15) is 24.2 Å². The zero-order chi connectivity index (χ0) is 22.8. The van der Waals surface area contributed by atoms with E-state index in [0.29, 0.717) is 11.5 Å². The first-order chi connectivity index (χ1) is 15.3. The zero-order valence-electron chi connectivity index (χ0n) is 18.0. The Balaban J connectivity index is 1.67. The predicted molar refractivity (Wildman–Crippen MR) is 120 cm³/mol. The topological polar surface area (TPSA) is 111 Å². The summed E-state index contributed by atoms with van der Waals surface area (Å²) in [7, 11) is 1.50. The van der Waals surface area contributed by atoms with Gasteiger partial charge in [-0.15, -0.1) is 0 Å². The van der Waals surface area contributed by atoms with Crippen LogP contribution in [0.25, 0.3) is 11.2 Å². The number of fused-ring (bicyclic) bond motifs is 1. The lowest BCUT2D eigenvalue weighted by molar-refractivity contribution is 0.0915. The number of nitrogens with zero attached hydrogens (tertiary/aromatic N) is 3. The Morgan fingerprint density at radius 3 is 2.53 bits per heavy atom. The second kappa shape index (κ2) is 8.72. The second-order valence-corrected chi connectivity index (χ2v) is 7.69. The molecule has 2 aromatic carbocycles. The molecule has 2 aromatic heterocycles. The van der Waals surface area contributed by atoms with E-state index in [4.69, 9.17) is 9.47 Å². The van der Waals surface area contributed by atoms with Crippen molar-refractivity contribution in [2.45, 2.75) is 26.5 Å². The molecule has 32 heavy (non-hydrogen) atoms. The fourth-order valence-corrected chi connectivity index (χ4v) is 3.33. The third-order valence-corrected chi connectivity index (χ3v) is 5.03. The summed E-state index contributed by atoms with van der Waals surface area (Å²) < 4.78 is 14.3. The molecule has 9 nitrogen and oxygen atoms in total. The van der Waals surface area contributed by atoms with E-state index < -0.39 is 17.4 Å². The molecule has 0 aliphatic rings. The van der Waals surface area contributed by atoms with Crippen molar-refractivity contribution in [3.05, 3.63) is 80.5 Å². The largest absolute Gasteiger partial charge is 0.491 e. The van der Waals surface area contributed by atoms with Crippen LogP contribution in [0.5, 0.6) is 17.5 Å². The molecule has 9 heteroatoms. The Bertz CT molecular complexity index is 1370. The van der Waals surface area contributed by atoms with E-state index in [1.807, 2.05) is 44.2 Å². The molecule has 4 aromatic rings. The van der Waals surface area contributed by atoms with Crippen LogP contribution in [0, 0.1) is 13.8 Å². The van der Waals surface area contributed by atoms with Crippen molar-refractivity contribution in [3.63, 3.8) is 0 Å². The molecule has 166 valence electrons. The first-order valence-corrected chi connectivity index (χ1v) is 10.1. The summed E-state index contributed by atoms with van der Waals surface area (Å²) >= 11 is 0. The molecular weight excluding hydrogens is 412 g/mol. The molecule has 2 heterocycles. The molecular formula is C23H24N4O5. The highest BCUT2D eigenvalue weighted by atomic mass is 16.5. The van der Waals surface area contributed by atoms with Gasteiger partial charge < -0.3 is 14.6 Å². The SMILES string of the molecule is Cc1ccc(Oc2nc3c(c(=O)[nH]c(=O)n3C)n2CC(O)COc2cccc(C)c2)cc1. The molecule has 0 radical (unpaired) electrons. The fourth-order valence-electron chi connectivity index (χ4n) is 3.33. The van der Waals surface area contributed by atoms with Gasteiger partial charge in [0.15, 0.2) is 11.2 Å². The van der Waals surface area contributed by atoms with Crippen molar-refractivity contribution >= 4 is 11.2 Å². The quantitative estimate of drug-likeness (QED) is 0.460. The number of H-pyrrole nitrogens is 1. The Kier molecular flexibility index (Phi) is 5.83. The Labute approximate surface area is 183 Å². The van der Waals surface area contributed by atoms with Crippen LogP contribution < -0.4 is 20.7 Å². The van der Waals surface area contributed by atoms with Crippen molar-refractivity contribution in [1.82, 2.24) is 19.1 Å². The summed E-state index contributed by atoms with van der Waals surface area (Å²) in [4.78, 5) is 31.2. The van der Waals surface area contributed by atoms with Crippen LogP contribution in [-0.2, 0) is 13.6 Å². The van der Waals surface area contributed by atoms with Gasteiger partial charge in [-0.25, -0.2) is 4.79 Å². The molecule has 2 N–H and O–H groups in total. The molecule has 0 spiro atoms. The number of hydrogen-bond acceptors (Lipinski definition) is 6. The van der Waals surface area contributed by atoms with Gasteiger partial charge in [-0.3, -0.25) is 18.9 Å². The van der Waals surface area contributed by atoms with E-state index in [-0.39, 0.29) is 30.3 Å². The summed E-state index contributed by atoms with van der Waals surface area (Å²) in [6.07, 6.45) is -0.968. The van der Waals surface area contributed by atoms with Crippen LogP contribution in [0.2, 0.25) is 0 Å². The minimum atomic E-state index is -0.968. The number of aliphatic hydroxyl groups excluding tert-OH is 1. The van der Waals surface area contributed by atoms with E-state index in [0.717, 1.165) is 11.1 Å². The van der Waals surface area contributed by atoms with Gasteiger partial charge in [-0.1, -0.05) is 29.8 Å². The average Bonchev–Trinajstić information content (AvgIpc) is 3.11. The number of aliphatic hydroxyl groups is 1. The number of aromatic nitrogens is 4. The molecule has 0 amide bonds. The lowest BCUT2D eigenvalue weighted by Gasteiger charge is -2.15. The van der Waals surface area contributed by atoms with Crippen molar-refractivity contribution in [1.29, 1.82) is 0 Å². The zero-order valence-corrected chi connectivity index (χ0v) is 18.0. The minimum Gasteiger partial charge on any atom is -0.491 e. The molecule has 0 fully saturated rings. The van der Waals surface area contributed by atoms with Crippen molar-refractivity contribution in [3.8, 4) is 17.5 Å². The van der Waals surface area contributed by atoms with Gasteiger partial charge in [0.2, 0.25) is 0 Å². The van der Waals surface area contributed by atoms with Crippen LogP contribution in [0.15, 0.2) is 58.1 Å². The maximum atomic E-state index is 12.6.